The van der Waals surface area contributed by atoms with Crippen LogP contribution in [0.15, 0.2) is 72.8 Å². The molecular formula is C26H25FN4O4. The number of nitrogens with one attached hydrogen (secondary N) is 1. The highest BCUT2D eigenvalue weighted by atomic mass is 19.1. The molecule has 180 valence electrons. The topological polar surface area (TPSA) is 87.5 Å². The molecule has 0 saturated heterocycles. The van der Waals surface area contributed by atoms with Crippen LogP contribution in [0.1, 0.15) is 17.3 Å². The van der Waals surface area contributed by atoms with Crippen molar-refractivity contribution in [3.05, 3.63) is 84.2 Å². The van der Waals surface area contributed by atoms with Crippen LogP contribution in [0.2, 0.25) is 0 Å². The van der Waals surface area contributed by atoms with Crippen molar-refractivity contribution in [2.45, 2.75) is 6.92 Å². The molecule has 1 N–H and O–H groups in total. The molecule has 1 aromatic heterocycles. The van der Waals surface area contributed by atoms with E-state index < -0.39 is 5.82 Å². The molecule has 0 atom stereocenters. The lowest BCUT2D eigenvalue weighted by atomic mass is 10.2. The summed E-state index contributed by atoms with van der Waals surface area (Å²) in [4.78, 5) is 17.2. The zero-order valence-corrected chi connectivity index (χ0v) is 19.4. The third kappa shape index (κ3) is 6.01. The molecule has 0 radical (unpaired) electrons. The summed E-state index contributed by atoms with van der Waals surface area (Å²) in [6, 6.07) is 20.2. The fourth-order valence-electron chi connectivity index (χ4n) is 3.32. The van der Waals surface area contributed by atoms with E-state index in [4.69, 9.17) is 14.2 Å². The SMILES string of the molecule is CCOCCOc1nc(-c2ccc(OC)cc2)n(-c2cccc(NC(=O)c3ccc(F)cc3)c2)n1. The van der Waals surface area contributed by atoms with Crippen LogP contribution in [0.5, 0.6) is 11.8 Å². The van der Waals surface area contributed by atoms with Crippen molar-refractivity contribution in [1.29, 1.82) is 0 Å². The highest BCUT2D eigenvalue weighted by Crippen LogP contribution is 2.26. The molecule has 35 heavy (non-hydrogen) atoms. The van der Waals surface area contributed by atoms with E-state index in [1.165, 1.54) is 24.3 Å². The van der Waals surface area contributed by atoms with Gasteiger partial charge < -0.3 is 19.5 Å². The lowest BCUT2D eigenvalue weighted by Crippen LogP contribution is -2.12. The number of hydrogen-bond acceptors (Lipinski definition) is 6. The molecule has 9 heteroatoms. The zero-order valence-electron chi connectivity index (χ0n) is 19.4. The fourth-order valence-corrected chi connectivity index (χ4v) is 3.32. The molecule has 0 aliphatic rings. The maximum atomic E-state index is 13.2. The summed E-state index contributed by atoms with van der Waals surface area (Å²) in [7, 11) is 1.60. The van der Waals surface area contributed by atoms with Gasteiger partial charge in [-0.3, -0.25) is 4.79 Å². The third-order valence-corrected chi connectivity index (χ3v) is 5.05. The average Bonchev–Trinajstić information content (AvgIpc) is 3.31. The van der Waals surface area contributed by atoms with Gasteiger partial charge in [-0.1, -0.05) is 6.07 Å². The monoisotopic (exact) mass is 476 g/mol. The predicted molar refractivity (Wildman–Crippen MR) is 130 cm³/mol. The largest absolute Gasteiger partial charge is 0.497 e. The minimum absolute atomic E-state index is 0.205. The Labute approximate surface area is 202 Å². The van der Waals surface area contributed by atoms with E-state index in [0.29, 0.717) is 42.6 Å². The van der Waals surface area contributed by atoms with Crippen molar-refractivity contribution in [3.63, 3.8) is 0 Å². The number of hydrogen-bond donors (Lipinski definition) is 1. The highest BCUT2D eigenvalue weighted by Gasteiger charge is 2.16. The molecule has 4 aromatic rings. The number of ether oxygens (including phenoxy) is 3. The number of nitrogens with zero attached hydrogens (tertiary/aromatic N) is 3. The minimum atomic E-state index is -0.403. The fraction of sp³-hybridized carbons (Fsp3) is 0.192. The maximum Gasteiger partial charge on any atom is 0.336 e. The molecule has 0 aliphatic heterocycles. The molecule has 0 aliphatic carbocycles. The molecule has 4 rings (SSSR count). The highest BCUT2D eigenvalue weighted by molar-refractivity contribution is 6.04. The van der Waals surface area contributed by atoms with Crippen molar-refractivity contribution in [2.75, 3.05) is 32.2 Å². The molecule has 0 unspecified atom stereocenters. The number of benzene rings is 3. The van der Waals surface area contributed by atoms with Gasteiger partial charge in [-0.15, -0.1) is 5.10 Å². The first-order valence-electron chi connectivity index (χ1n) is 11.1. The number of carbonyl (C=O) groups excluding carboxylic acids is 1. The Bertz CT molecular complexity index is 1270. The molecule has 0 bridgehead atoms. The van der Waals surface area contributed by atoms with Crippen molar-refractivity contribution in [1.82, 2.24) is 14.8 Å². The van der Waals surface area contributed by atoms with E-state index in [-0.39, 0.29) is 11.9 Å². The Balaban J connectivity index is 1.63. The van der Waals surface area contributed by atoms with E-state index in [9.17, 15) is 9.18 Å². The summed E-state index contributed by atoms with van der Waals surface area (Å²) < 4.78 is 31.1. The van der Waals surface area contributed by atoms with Gasteiger partial charge in [0.05, 0.1) is 19.4 Å². The van der Waals surface area contributed by atoms with Gasteiger partial charge >= 0.3 is 6.01 Å². The first-order valence-corrected chi connectivity index (χ1v) is 11.1. The van der Waals surface area contributed by atoms with Crippen LogP contribution in [-0.4, -0.2) is 47.6 Å². The van der Waals surface area contributed by atoms with Crippen LogP contribution < -0.4 is 14.8 Å². The molecule has 0 saturated carbocycles. The molecule has 1 amide bonds. The van der Waals surface area contributed by atoms with Crippen LogP contribution in [0.3, 0.4) is 0 Å². The van der Waals surface area contributed by atoms with Gasteiger partial charge in [0.1, 0.15) is 18.2 Å². The lowest BCUT2D eigenvalue weighted by molar-refractivity contribution is 0.102. The Morgan fingerprint density at radius 1 is 1.03 bits per heavy atom. The summed E-state index contributed by atoms with van der Waals surface area (Å²) in [5.74, 6) is 0.524. The summed E-state index contributed by atoms with van der Waals surface area (Å²) in [6.07, 6.45) is 0. The first kappa shape index (κ1) is 23.9. The summed E-state index contributed by atoms with van der Waals surface area (Å²) in [5, 5.41) is 7.36. The van der Waals surface area contributed by atoms with Crippen molar-refractivity contribution < 1.29 is 23.4 Å². The van der Waals surface area contributed by atoms with Gasteiger partial charge in [-0.05, 0) is 73.7 Å². The van der Waals surface area contributed by atoms with Gasteiger partial charge in [-0.2, -0.15) is 4.98 Å². The molecular weight excluding hydrogens is 451 g/mol. The maximum absolute atomic E-state index is 13.2. The minimum Gasteiger partial charge on any atom is -0.497 e. The van der Waals surface area contributed by atoms with Gasteiger partial charge in [0, 0.05) is 23.4 Å². The number of amides is 1. The lowest BCUT2D eigenvalue weighted by Gasteiger charge is -2.10. The zero-order chi connectivity index (χ0) is 24.6. The second-order valence-corrected chi connectivity index (χ2v) is 7.42. The standard InChI is InChI=1S/C26H25FN4O4/c1-3-34-15-16-35-26-29-24(18-9-13-23(33-2)14-10-18)31(30-26)22-6-4-5-21(17-22)28-25(32)19-7-11-20(27)12-8-19/h4-14,17H,3,15-16H2,1-2H3,(H,28,32). The van der Waals surface area contributed by atoms with Crippen LogP contribution in [0.4, 0.5) is 10.1 Å². The van der Waals surface area contributed by atoms with Gasteiger partial charge in [0.2, 0.25) is 0 Å². The molecule has 1 heterocycles. The summed E-state index contributed by atoms with van der Waals surface area (Å²) in [6.45, 7) is 3.25. The molecule has 0 fully saturated rings. The van der Waals surface area contributed by atoms with E-state index in [1.807, 2.05) is 37.3 Å². The molecule has 0 spiro atoms. The number of methoxy groups -OCH3 is 1. The molecule has 3 aromatic carbocycles. The first-order chi connectivity index (χ1) is 17.1. The quantitative estimate of drug-likeness (QED) is 0.333. The number of rotatable bonds is 10. The molecule has 8 nitrogen and oxygen atoms in total. The van der Waals surface area contributed by atoms with E-state index in [1.54, 1.807) is 30.0 Å². The smallest absolute Gasteiger partial charge is 0.336 e. The number of aromatic nitrogens is 3. The predicted octanol–water partition coefficient (Wildman–Crippen LogP) is 4.75. The van der Waals surface area contributed by atoms with Crippen LogP contribution >= 0.6 is 0 Å². The number of halogens is 1. The Hall–Kier alpha value is -4.24. The Morgan fingerprint density at radius 3 is 2.51 bits per heavy atom. The Kier molecular flexibility index (Phi) is 7.69. The van der Waals surface area contributed by atoms with Crippen LogP contribution in [0, 0.1) is 5.82 Å². The van der Waals surface area contributed by atoms with Gasteiger partial charge in [-0.25, -0.2) is 9.07 Å². The Morgan fingerprint density at radius 2 is 1.80 bits per heavy atom. The summed E-state index contributed by atoms with van der Waals surface area (Å²) in [5.41, 5.74) is 2.37. The van der Waals surface area contributed by atoms with Gasteiger partial charge in [0.25, 0.3) is 5.91 Å². The number of anilines is 1. The van der Waals surface area contributed by atoms with Crippen LogP contribution in [0.25, 0.3) is 17.1 Å². The second kappa shape index (κ2) is 11.3. The second-order valence-electron chi connectivity index (χ2n) is 7.42. The average molecular weight is 477 g/mol. The van der Waals surface area contributed by atoms with Crippen LogP contribution in [-0.2, 0) is 4.74 Å². The van der Waals surface area contributed by atoms with E-state index in [0.717, 1.165) is 11.3 Å². The van der Waals surface area contributed by atoms with E-state index >= 15 is 0 Å². The summed E-state index contributed by atoms with van der Waals surface area (Å²) >= 11 is 0. The van der Waals surface area contributed by atoms with Crippen molar-refractivity contribution in [2.24, 2.45) is 0 Å². The number of carbonyl (C=O) groups is 1. The van der Waals surface area contributed by atoms with E-state index in [2.05, 4.69) is 15.4 Å². The van der Waals surface area contributed by atoms with Crippen molar-refractivity contribution >= 4 is 11.6 Å². The van der Waals surface area contributed by atoms with Gasteiger partial charge in [0.15, 0.2) is 5.82 Å². The van der Waals surface area contributed by atoms with Crippen molar-refractivity contribution in [3.8, 4) is 28.8 Å². The normalized spacial score (nSPS) is 10.7. The third-order valence-electron chi connectivity index (χ3n) is 5.05.